The molecule has 0 spiro atoms. The van der Waals surface area contributed by atoms with Crippen molar-refractivity contribution < 1.29 is 9.53 Å². The average Bonchev–Trinajstić information content (AvgIpc) is 2.82. The van der Waals surface area contributed by atoms with Crippen LogP contribution in [0.2, 0.25) is 0 Å². The van der Waals surface area contributed by atoms with Gasteiger partial charge >= 0.3 is 0 Å². The maximum absolute atomic E-state index is 13.4. The van der Waals surface area contributed by atoms with Crippen molar-refractivity contribution in [1.82, 2.24) is 4.90 Å². The van der Waals surface area contributed by atoms with Gasteiger partial charge in [-0.05, 0) is 35.4 Å². The lowest BCUT2D eigenvalue weighted by Crippen LogP contribution is -2.42. The molecule has 3 aromatic carbocycles. The number of hydrogen-bond acceptors (Lipinski definition) is 4. The van der Waals surface area contributed by atoms with Crippen LogP contribution in [-0.4, -0.2) is 37.1 Å². The SMILES string of the molecule is O=C1c2ccccc2NC(c2ccc(N3CCOCC3)cc2)N1Cc1ccccc1. The largest absolute Gasteiger partial charge is 0.378 e. The molecule has 1 atom stereocenters. The maximum Gasteiger partial charge on any atom is 0.258 e. The minimum Gasteiger partial charge on any atom is -0.378 e. The molecule has 1 unspecified atom stereocenters. The standard InChI is InChI=1S/C25H25N3O2/c29-25-22-8-4-5-9-23(22)26-24(28(25)18-19-6-2-1-3-7-19)20-10-12-21(13-11-20)27-14-16-30-17-15-27/h1-13,24,26H,14-18H2. The van der Waals surface area contributed by atoms with Crippen molar-refractivity contribution >= 4 is 17.3 Å². The number of benzene rings is 3. The van der Waals surface area contributed by atoms with Gasteiger partial charge in [-0.25, -0.2) is 0 Å². The Labute approximate surface area is 176 Å². The van der Waals surface area contributed by atoms with Crippen molar-refractivity contribution in [3.05, 3.63) is 95.6 Å². The number of nitrogens with zero attached hydrogens (tertiary/aromatic N) is 2. The van der Waals surface area contributed by atoms with Crippen LogP contribution in [0.5, 0.6) is 0 Å². The molecule has 5 rings (SSSR count). The van der Waals surface area contributed by atoms with E-state index in [9.17, 15) is 4.79 Å². The Kier molecular flexibility index (Phi) is 5.11. The zero-order valence-electron chi connectivity index (χ0n) is 16.8. The molecule has 2 aliphatic heterocycles. The van der Waals surface area contributed by atoms with E-state index in [1.807, 2.05) is 47.4 Å². The van der Waals surface area contributed by atoms with Crippen LogP contribution in [-0.2, 0) is 11.3 Å². The summed E-state index contributed by atoms with van der Waals surface area (Å²) in [7, 11) is 0. The van der Waals surface area contributed by atoms with Gasteiger partial charge in [0.05, 0.1) is 18.8 Å². The van der Waals surface area contributed by atoms with E-state index in [1.54, 1.807) is 0 Å². The molecule has 1 amide bonds. The summed E-state index contributed by atoms with van der Waals surface area (Å²) in [4.78, 5) is 17.6. The van der Waals surface area contributed by atoms with E-state index in [1.165, 1.54) is 5.69 Å². The highest BCUT2D eigenvalue weighted by Crippen LogP contribution is 2.34. The predicted molar refractivity (Wildman–Crippen MR) is 119 cm³/mol. The number of anilines is 2. The van der Waals surface area contributed by atoms with Crippen molar-refractivity contribution in [1.29, 1.82) is 0 Å². The van der Waals surface area contributed by atoms with E-state index in [-0.39, 0.29) is 12.1 Å². The molecule has 5 nitrogen and oxygen atoms in total. The number of hydrogen-bond donors (Lipinski definition) is 1. The fourth-order valence-electron chi connectivity index (χ4n) is 4.19. The van der Waals surface area contributed by atoms with Crippen molar-refractivity contribution in [3.8, 4) is 0 Å². The summed E-state index contributed by atoms with van der Waals surface area (Å²) >= 11 is 0. The average molecular weight is 399 g/mol. The summed E-state index contributed by atoms with van der Waals surface area (Å²) in [5, 5.41) is 3.58. The van der Waals surface area contributed by atoms with E-state index in [0.717, 1.165) is 48.7 Å². The summed E-state index contributed by atoms with van der Waals surface area (Å²) in [6.07, 6.45) is -0.216. The molecule has 1 N–H and O–H groups in total. The van der Waals surface area contributed by atoms with Gasteiger partial charge in [-0.2, -0.15) is 0 Å². The third kappa shape index (κ3) is 3.64. The molecule has 5 heteroatoms. The monoisotopic (exact) mass is 399 g/mol. The van der Waals surface area contributed by atoms with Crippen LogP contribution >= 0.6 is 0 Å². The van der Waals surface area contributed by atoms with E-state index < -0.39 is 0 Å². The second-order valence-corrected chi connectivity index (χ2v) is 7.70. The second-order valence-electron chi connectivity index (χ2n) is 7.70. The number of morpholine rings is 1. The fraction of sp³-hybridized carbons (Fsp3) is 0.240. The van der Waals surface area contributed by atoms with Crippen LogP contribution in [0, 0.1) is 0 Å². The molecule has 152 valence electrons. The van der Waals surface area contributed by atoms with E-state index >= 15 is 0 Å². The van der Waals surface area contributed by atoms with Crippen LogP contribution in [0.3, 0.4) is 0 Å². The Morgan fingerprint density at radius 1 is 0.867 bits per heavy atom. The highest BCUT2D eigenvalue weighted by atomic mass is 16.5. The van der Waals surface area contributed by atoms with Gasteiger partial charge in [-0.3, -0.25) is 4.79 Å². The van der Waals surface area contributed by atoms with Crippen LogP contribution < -0.4 is 10.2 Å². The highest BCUT2D eigenvalue weighted by Gasteiger charge is 2.32. The summed E-state index contributed by atoms with van der Waals surface area (Å²) < 4.78 is 5.46. The molecule has 30 heavy (non-hydrogen) atoms. The van der Waals surface area contributed by atoms with E-state index in [2.05, 4.69) is 46.6 Å². The number of rotatable bonds is 4. The molecule has 2 heterocycles. The Morgan fingerprint density at radius 2 is 1.57 bits per heavy atom. The normalized spacial score (nSPS) is 18.7. The lowest BCUT2D eigenvalue weighted by Gasteiger charge is -2.38. The molecule has 0 aliphatic carbocycles. The molecule has 0 saturated carbocycles. The number of carbonyl (C=O) groups excluding carboxylic acids is 1. The molecule has 0 aromatic heterocycles. The minimum absolute atomic E-state index is 0.0514. The molecule has 1 fully saturated rings. The summed E-state index contributed by atoms with van der Waals surface area (Å²) in [6.45, 7) is 3.90. The summed E-state index contributed by atoms with van der Waals surface area (Å²) in [6, 6.07) is 26.4. The van der Waals surface area contributed by atoms with Crippen molar-refractivity contribution in [2.75, 3.05) is 36.5 Å². The third-order valence-corrected chi connectivity index (χ3v) is 5.80. The van der Waals surface area contributed by atoms with Crippen LogP contribution in [0.1, 0.15) is 27.7 Å². The number of amides is 1. The summed E-state index contributed by atoms with van der Waals surface area (Å²) in [5.74, 6) is 0.0514. The van der Waals surface area contributed by atoms with Gasteiger partial charge in [0, 0.05) is 31.0 Å². The van der Waals surface area contributed by atoms with Gasteiger partial charge in [-0.1, -0.05) is 54.6 Å². The van der Waals surface area contributed by atoms with Crippen molar-refractivity contribution in [2.45, 2.75) is 12.7 Å². The quantitative estimate of drug-likeness (QED) is 0.711. The topological polar surface area (TPSA) is 44.8 Å². The van der Waals surface area contributed by atoms with Crippen LogP contribution in [0.4, 0.5) is 11.4 Å². The number of fused-ring (bicyclic) bond motifs is 1. The fourth-order valence-corrected chi connectivity index (χ4v) is 4.19. The van der Waals surface area contributed by atoms with Crippen LogP contribution in [0.25, 0.3) is 0 Å². The summed E-state index contributed by atoms with van der Waals surface area (Å²) in [5.41, 5.74) is 4.98. The second kappa shape index (κ2) is 8.20. The van der Waals surface area contributed by atoms with E-state index in [0.29, 0.717) is 6.54 Å². The van der Waals surface area contributed by atoms with Gasteiger partial charge in [0.15, 0.2) is 0 Å². The van der Waals surface area contributed by atoms with Gasteiger partial charge < -0.3 is 19.9 Å². The third-order valence-electron chi connectivity index (χ3n) is 5.80. The zero-order valence-corrected chi connectivity index (χ0v) is 16.8. The molecule has 2 aliphatic rings. The highest BCUT2D eigenvalue weighted by molar-refractivity contribution is 6.01. The number of nitrogens with one attached hydrogen (secondary N) is 1. The van der Waals surface area contributed by atoms with Gasteiger partial charge in [0.25, 0.3) is 5.91 Å². The smallest absolute Gasteiger partial charge is 0.258 e. The first-order chi connectivity index (χ1) is 14.8. The zero-order chi connectivity index (χ0) is 20.3. The molecular formula is C25H25N3O2. The first-order valence-corrected chi connectivity index (χ1v) is 10.4. The Morgan fingerprint density at radius 3 is 2.33 bits per heavy atom. The Bertz CT molecular complexity index is 1010. The van der Waals surface area contributed by atoms with Gasteiger partial charge in [-0.15, -0.1) is 0 Å². The Hall–Kier alpha value is -3.31. The lowest BCUT2D eigenvalue weighted by molar-refractivity contribution is 0.0666. The maximum atomic E-state index is 13.4. The molecule has 3 aromatic rings. The van der Waals surface area contributed by atoms with Crippen molar-refractivity contribution in [2.24, 2.45) is 0 Å². The minimum atomic E-state index is -0.216. The number of para-hydroxylation sites is 1. The first-order valence-electron chi connectivity index (χ1n) is 10.4. The lowest BCUT2D eigenvalue weighted by atomic mass is 10.0. The van der Waals surface area contributed by atoms with E-state index in [4.69, 9.17) is 4.74 Å². The molecule has 1 saturated heterocycles. The van der Waals surface area contributed by atoms with Gasteiger partial charge in [0.2, 0.25) is 0 Å². The predicted octanol–water partition coefficient (Wildman–Crippen LogP) is 4.29. The molecule has 0 bridgehead atoms. The first kappa shape index (κ1) is 18.7. The van der Waals surface area contributed by atoms with Crippen molar-refractivity contribution in [3.63, 3.8) is 0 Å². The Balaban J connectivity index is 1.46. The number of ether oxygens (including phenoxy) is 1. The number of carbonyl (C=O) groups is 1. The molecule has 0 radical (unpaired) electrons. The van der Waals surface area contributed by atoms with Gasteiger partial charge in [0.1, 0.15) is 6.17 Å². The van der Waals surface area contributed by atoms with Crippen LogP contribution in [0.15, 0.2) is 78.9 Å². The molecular weight excluding hydrogens is 374 g/mol.